The zero-order valence-corrected chi connectivity index (χ0v) is 12.1. The van der Waals surface area contributed by atoms with Gasteiger partial charge in [0.15, 0.2) is 0 Å². The van der Waals surface area contributed by atoms with Gasteiger partial charge in [0.1, 0.15) is 5.75 Å². The molecule has 0 saturated heterocycles. The molecule has 0 saturated carbocycles. The van der Waals surface area contributed by atoms with Crippen molar-refractivity contribution in [2.75, 3.05) is 0 Å². The second kappa shape index (κ2) is 3.62. The van der Waals surface area contributed by atoms with Crippen LogP contribution in [0.3, 0.4) is 0 Å². The van der Waals surface area contributed by atoms with E-state index in [2.05, 4.69) is 35.7 Å². The van der Waals surface area contributed by atoms with Gasteiger partial charge in [-0.15, -0.1) is 22.7 Å². The lowest BCUT2D eigenvalue weighted by Gasteiger charge is -2.05. The first-order valence-corrected chi connectivity index (χ1v) is 8.25. The fourth-order valence-electron chi connectivity index (χ4n) is 3.26. The lowest BCUT2D eigenvalue weighted by atomic mass is 10.0. The molecule has 1 aliphatic rings. The molecule has 0 unspecified atom stereocenters. The fourth-order valence-corrected chi connectivity index (χ4v) is 5.57. The number of rotatable bonds is 0. The van der Waals surface area contributed by atoms with E-state index >= 15 is 0 Å². The van der Waals surface area contributed by atoms with Gasteiger partial charge in [-0.25, -0.2) is 0 Å². The summed E-state index contributed by atoms with van der Waals surface area (Å²) < 4.78 is 3.87. The van der Waals surface area contributed by atoms with E-state index in [1.807, 2.05) is 6.07 Å². The summed E-state index contributed by atoms with van der Waals surface area (Å²) in [4.78, 5) is 0. The van der Waals surface area contributed by atoms with Crippen molar-refractivity contribution in [3.63, 3.8) is 0 Å². The Labute approximate surface area is 123 Å². The van der Waals surface area contributed by atoms with Crippen LogP contribution in [0.5, 0.6) is 5.75 Å². The van der Waals surface area contributed by atoms with Crippen LogP contribution in [0.15, 0.2) is 41.8 Å². The molecule has 1 N–H and O–H groups in total. The standard InChI is InChI=1S/C17H10OS2/c18-12-8-14-16(17-13(20-14)5-6-19-17)15-10-4-2-1-3-9(10)7-11(12)15/h1-6,8,18H,7H2. The number of phenols is 1. The Balaban J connectivity index is 2.06. The van der Waals surface area contributed by atoms with Crippen LogP contribution >= 0.6 is 22.7 Å². The van der Waals surface area contributed by atoms with E-state index in [0.29, 0.717) is 5.75 Å². The summed E-state index contributed by atoms with van der Waals surface area (Å²) in [7, 11) is 0. The molecular weight excluding hydrogens is 284 g/mol. The van der Waals surface area contributed by atoms with Gasteiger partial charge in [0.2, 0.25) is 0 Å². The quantitative estimate of drug-likeness (QED) is 0.406. The zero-order chi connectivity index (χ0) is 13.3. The number of fused-ring (bicyclic) bond motifs is 7. The first-order chi connectivity index (χ1) is 9.83. The molecule has 96 valence electrons. The first kappa shape index (κ1) is 10.9. The van der Waals surface area contributed by atoms with E-state index in [-0.39, 0.29) is 0 Å². The van der Waals surface area contributed by atoms with Crippen LogP contribution in [0.4, 0.5) is 0 Å². The van der Waals surface area contributed by atoms with Crippen molar-refractivity contribution in [1.29, 1.82) is 0 Å². The predicted octanol–water partition coefficient (Wildman–Crippen LogP) is 5.39. The van der Waals surface area contributed by atoms with Crippen LogP contribution in [-0.2, 0) is 6.42 Å². The molecule has 0 fully saturated rings. The molecule has 4 aromatic rings. The summed E-state index contributed by atoms with van der Waals surface area (Å²) in [5.74, 6) is 0.442. The SMILES string of the molecule is Oc1cc2sc3ccsc3c2c2c1Cc1ccccc1-2. The van der Waals surface area contributed by atoms with E-state index < -0.39 is 0 Å². The van der Waals surface area contributed by atoms with Crippen LogP contribution in [-0.4, -0.2) is 5.11 Å². The Morgan fingerprint density at radius 1 is 1.05 bits per heavy atom. The maximum absolute atomic E-state index is 10.4. The molecule has 0 aliphatic heterocycles. The molecule has 2 aromatic heterocycles. The number of thiophene rings is 2. The Hall–Kier alpha value is -1.84. The molecule has 2 aromatic carbocycles. The highest BCUT2D eigenvalue weighted by Crippen LogP contribution is 2.50. The second-order valence-electron chi connectivity index (χ2n) is 5.17. The maximum Gasteiger partial charge on any atom is 0.121 e. The topological polar surface area (TPSA) is 20.2 Å². The molecule has 3 heteroatoms. The van der Waals surface area contributed by atoms with Gasteiger partial charge in [0, 0.05) is 26.8 Å². The van der Waals surface area contributed by atoms with Crippen LogP contribution in [0.25, 0.3) is 30.6 Å². The molecule has 0 radical (unpaired) electrons. The minimum atomic E-state index is 0.442. The largest absolute Gasteiger partial charge is 0.508 e. The van der Waals surface area contributed by atoms with Crippen molar-refractivity contribution in [2.24, 2.45) is 0 Å². The van der Waals surface area contributed by atoms with E-state index in [9.17, 15) is 5.11 Å². The van der Waals surface area contributed by atoms with Crippen molar-refractivity contribution < 1.29 is 5.11 Å². The van der Waals surface area contributed by atoms with Crippen molar-refractivity contribution in [1.82, 2.24) is 0 Å². The predicted molar refractivity (Wildman–Crippen MR) is 87.1 cm³/mol. The third-order valence-corrected chi connectivity index (χ3v) is 6.27. The molecule has 0 spiro atoms. The van der Waals surface area contributed by atoms with Crippen molar-refractivity contribution >= 4 is 42.2 Å². The Morgan fingerprint density at radius 3 is 2.90 bits per heavy atom. The van der Waals surface area contributed by atoms with Crippen LogP contribution in [0, 0.1) is 0 Å². The van der Waals surface area contributed by atoms with Crippen molar-refractivity contribution in [3.8, 4) is 16.9 Å². The molecule has 1 nitrogen and oxygen atoms in total. The average Bonchev–Trinajstić information content (AvgIpc) is 3.10. The number of hydrogen-bond acceptors (Lipinski definition) is 3. The molecular formula is C17H10OS2. The molecule has 0 atom stereocenters. The Bertz CT molecular complexity index is 991. The van der Waals surface area contributed by atoms with Crippen molar-refractivity contribution in [3.05, 3.63) is 52.9 Å². The lowest BCUT2D eigenvalue weighted by molar-refractivity contribution is 0.471. The van der Waals surface area contributed by atoms with Gasteiger partial charge < -0.3 is 5.11 Å². The van der Waals surface area contributed by atoms with E-state index in [1.165, 1.54) is 36.2 Å². The van der Waals surface area contributed by atoms with Gasteiger partial charge in [-0.05, 0) is 34.2 Å². The molecule has 2 heterocycles. The van der Waals surface area contributed by atoms with Gasteiger partial charge >= 0.3 is 0 Å². The Morgan fingerprint density at radius 2 is 1.95 bits per heavy atom. The molecule has 0 amide bonds. The lowest BCUT2D eigenvalue weighted by Crippen LogP contribution is -1.82. The number of aromatic hydroxyl groups is 1. The summed E-state index contributed by atoms with van der Waals surface area (Å²) >= 11 is 3.57. The summed E-state index contributed by atoms with van der Waals surface area (Å²) in [5.41, 5.74) is 4.95. The molecule has 20 heavy (non-hydrogen) atoms. The number of phenolic OH excluding ortho intramolecular Hbond substituents is 1. The summed E-state index contributed by atoms with van der Waals surface area (Å²) in [6.45, 7) is 0. The summed E-state index contributed by atoms with van der Waals surface area (Å²) in [5, 5.41) is 13.9. The van der Waals surface area contributed by atoms with E-state index in [1.54, 1.807) is 22.7 Å². The monoisotopic (exact) mass is 294 g/mol. The normalized spacial score (nSPS) is 13.0. The average molecular weight is 294 g/mol. The van der Waals surface area contributed by atoms with Crippen molar-refractivity contribution in [2.45, 2.75) is 6.42 Å². The highest BCUT2D eigenvalue weighted by Gasteiger charge is 2.25. The smallest absolute Gasteiger partial charge is 0.121 e. The third kappa shape index (κ3) is 1.22. The second-order valence-corrected chi connectivity index (χ2v) is 7.17. The van der Waals surface area contributed by atoms with Crippen LogP contribution < -0.4 is 0 Å². The van der Waals surface area contributed by atoms with E-state index in [4.69, 9.17) is 0 Å². The van der Waals surface area contributed by atoms with E-state index in [0.717, 1.165) is 12.0 Å². The van der Waals surface area contributed by atoms with Gasteiger partial charge in [0.25, 0.3) is 0 Å². The number of hydrogen-bond donors (Lipinski definition) is 1. The van der Waals surface area contributed by atoms with Gasteiger partial charge in [-0.2, -0.15) is 0 Å². The third-order valence-electron chi connectivity index (χ3n) is 4.11. The molecule has 0 bridgehead atoms. The fraction of sp³-hybridized carbons (Fsp3) is 0.0588. The first-order valence-electron chi connectivity index (χ1n) is 6.56. The summed E-state index contributed by atoms with van der Waals surface area (Å²) in [6, 6.07) is 12.6. The molecule has 1 aliphatic carbocycles. The highest BCUT2D eigenvalue weighted by molar-refractivity contribution is 7.32. The maximum atomic E-state index is 10.4. The van der Waals surface area contributed by atoms with Crippen LogP contribution in [0.1, 0.15) is 11.1 Å². The minimum Gasteiger partial charge on any atom is -0.508 e. The van der Waals surface area contributed by atoms with Crippen LogP contribution in [0.2, 0.25) is 0 Å². The number of benzene rings is 2. The molecule has 5 rings (SSSR count). The van der Waals surface area contributed by atoms with Gasteiger partial charge in [-0.1, -0.05) is 24.3 Å². The Kier molecular flexibility index (Phi) is 1.97. The highest BCUT2D eigenvalue weighted by atomic mass is 32.1. The zero-order valence-electron chi connectivity index (χ0n) is 10.5. The minimum absolute atomic E-state index is 0.442. The van der Waals surface area contributed by atoms with Gasteiger partial charge in [0.05, 0.1) is 4.70 Å². The van der Waals surface area contributed by atoms with Gasteiger partial charge in [-0.3, -0.25) is 0 Å². The summed E-state index contributed by atoms with van der Waals surface area (Å²) in [6.07, 6.45) is 0.843.